The predicted molar refractivity (Wildman–Crippen MR) is 57.7 cm³/mol. The minimum absolute atomic E-state index is 0.0299. The van der Waals surface area contributed by atoms with Crippen LogP contribution in [0.2, 0.25) is 0 Å². The quantitative estimate of drug-likeness (QED) is 0.640. The lowest BCUT2D eigenvalue weighted by Gasteiger charge is -2.16. The molecule has 0 spiro atoms. The van der Waals surface area contributed by atoms with Gasteiger partial charge in [0.2, 0.25) is 0 Å². The maximum absolute atomic E-state index is 10.3. The first-order chi connectivity index (χ1) is 7.06. The molecule has 0 aromatic carbocycles. The molecule has 0 bridgehead atoms. The van der Waals surface area contributed by atoms with E-state index in [0.29, 0.717) is 19.6 Å². The molecule has 0 heterocycles. The Morgan fingerprint density at radius 2 is 2.00 bits per heavy atom. The van der Waals surface area contributed by atoms with E-state index in [1.54, 1.807) is 0 Å². The topological polar surface area (TPSA) is 55.8 Å². The van der Waals surface area contributed by atoms with Crippen molar-refractivity contribution in [3.63, 3.8) is 0 Å². The zero-order valence-electron chi connectivity index (χ0n) is 9.73. The molecule has 0 aliphatic rings. The highest BCUT2D eigenvalue weighted by Crippen LogP contribution is 2.03. The predicted octanol–water partition coefficient (Wildman–Crippen LogP) is 1.89. The Balaban J connectivity index is 3.43. The van der Waals surface area contributed by atoms with Crippen LogP contribution in [0.4, 0.5) is 0 Å². The van der Waals surface area contributed by atoms with E-state index in [1.165, 1.54) is 0 Å². The number of hydrogen-bond donors (Lipinski definition) is 1. The Bertz CT molecular complexity index is 170. The molecule has 1 N–H and O–H groups in total. The lowest BCUT2D eigenvalue weighted by Crippen LogP contribution is -2.21. The highest BCUT2D eigenvalue weighted by Gasteiger charge is 2.08. The van der Waals surface area contributed by atoms with Gasteiger partial charge < -0.3 is 14.6 Å². The van der Waals surface area contributed by atoms with Gasteiger partial charge in [-0.3, -0.25) is 4.79 Å². The van der Waals surface area contributed by atoms with Gasteiger partial charge in [-0.15, -0.1) is 0 Å². The summed E-state index contributed by atoms with van der Waals surface area (Å²) in [7, 11) is 0. The van der Waals surface area contributed by atoms with Crippen molar-refractivity contribution in [2.45, 2.75) is 45.8 Å². The Kier molecular flexibility index (Phi) is 8.33. The molecule has 0 fully saturated rings. The molecular formula is C11H21O4. The van der Waals surface area contributed by atoms with Crippen molar-refractivity contribution in [3.05, 3.63) is 6.42 Å². The zero-order chi connectivity index (χ0) is 11.7. The van der Waals surface area contributed by atoms with Crippen LogP contribution in [0.1, 0.15) is 33.6 Å². The molecule has 0 aromatic heterocycles. The summed E-state index contributed by atoms with van der Waals surface area (Å²) in [6, 6.07) is 0. The first-order valence-corrected chi connectivity index (χ1v) is 5.29. The monoisotopic (exact) mass is 217 g/mol. The summed E-state index contributed by atoms with van der Waals surface area (Å²) in [5, 5.41) is 8.47. The van der Waals surface area contributed by atoms with Crippen LogP contribution >= 0.6 is 0 Å². The van der Waals surface area contributed by atoms with E-state index >= 15 is 0 Å². The molecule has 0 aliphatic carbocycles. The van der Waals surface area contributed by atoms with Crippen LogP contribution in [0.3, 0.4) is 0 Å². The Hall–Kier alpha value is -0.610. The van der Waals surface area contributed by atoms with Crippen LogP contribution in [0.25, 0.3) is 0 Å². The van der Waals surface area contributed by atoms with Crippen LogP contribution in [0.5, 0.6) is 0 Å². The second-order valence-corrected chi connectivity index (χ2v) is 3.63. The Labute approximate surface area is 91.6 Å². The molecule has 4 heteroatoms. The molecule has 0 amide bonds. The van der Waals surface area contributed by atoms with E-state index in [0.717, 1.165) is 0 Å². The number of aliphatic carboxylic acids is 1. The first kappa shape index (κ1) is 14.4. The van der Waals surface area contributed by atoms with Gasteiger partial charge in [-0.1, -0.05) is 6.92 Å². The Morgan fingerprint density at radius 1 is 1.33 bits per heavy atom. The third kappa shape index (κ3) is 9.69. The van der Waals surface area contributed by atoms with Gasteiger partial charge in [0.1, 0.15) is 0 Å². The van der Waals surface area contributed by atoms with Crippen LogP contribution < -0.4 is 0 Å². The molecule has 0 saturated carbocycles. The first-order valence-electron chi connectivity index (χ1n) is 5.29. The van der Waals surface area contributed by atoms with E-state index in [4.69, 9.17) is 14.6 Å². The van der Waals surface area contributed by atoms with Crippen molar-refractivity contribution in [2.24, 2.45) is 0 Å². The molecule has 1 radical (unpaired) electrons. The maximum atomic E-state index is 10.3. The molecule has 2 atom stereocenters. The number of rotatable bonds is 9. The molecule has 2 unspecified atom stereocenters. The summed E-state index contributed by atoms with van der Waals surface area (Å²) in [4.78, 5) is 10.3. The van der Waals surface area contributed by atoms with E-state index in [2.05, 4.69) is 0 Å². The van der Waals surface area contributed by atoms with Crippen molar-refractivity contribution in [2.75, 3.05) is 13.2 Å². The molecule has 0 aliphatic heterocycles. The smallest absolute Gasteiger partial charge is 0.303 e. The number of hydrogen-bond acceptors (Lipinski definition) is 3. The normalized spacial score (nSPS) is 14.9. The van der Waals surface area contributed by atoms with Crippen molar-refractivity contribution >= 4 is 5.97 Å². The van der Waals surface area contributed by atoms with Gasteiger partial charge in [0, 0.05) is 13.0 Å². The summed E-state index contributed by atoms with van der Waals surface area (Å²) in [5.41, 5.74) is 0. The van der Waals surface area contributed by atoms with Crippen molar-refractivity contribution in [1.29, 1.82) is 0 Å². The second-order valence-electron chi connectivity index (χ2n) is 3.63. The lowest BCUT2D eigenvalue weighted by molar-refractivity contribution is -0.137. The van der Waals surface area contributed by atoms with Crippen LogP contribution in [-0.4, -0.2) is 36.5 Å². The van der Waals surface area contributed by atoms with Gasteiger partial charge in [-0.25, -0.2) is 0 Å². The summed E-state index contributed by atoms with van der Waals surface area (Å²) >= 11 is 0. The second kappa shape index (κ2) is 8.68. The third-order valence-corrected chi connectivity index (χ3v) is 1.93. The fraction of sp³-hybridized carbons (Fsp3) is 0.818. The minimum Gasteiger partial charge on any atom is -0.481 e. The molecule has 0 rings (SSSR count). The molecule has 0 aromatic rings. The fourth-order valence-corrected chi connectivity index (χ4v) is 1.02. The number of carboxylic acid groups (broad SMARTS) is 1. The average molecular weight is 217 g/mol. The molecule has 89 valence electrons. The largest absolute Gasteiger partial charge is 0.481 e. The van der Waals surface area contributed by atoms with Crippen LogP contribution in [-0.2, 0) is 14.3 Å². The van der Waals surface area contributed by atoms with E-state index in [9.17, 15) is 4.79 Å². The van der Waals surface area contributed by atoms with Crippen LogP contribution in [0, 0.1) is 6.42 Å². The van der Waals surface area contributed by atoms with Gasteiger partial charge in [-0.05, 0) is 26.7 Å². The minimum atomic E-state index is -0.782. The van der Waals surface area contributed by atoms with Gasteiger partial charge >= 0.3 is 5.97 Å². The number of ether oxygens (including phenoxy) is 2. The third-order valence-electron chi connectivity index (χ3n) is 1.93. The Morgan fingerprint density at radius 3 is 2.53 bits per heavy atom. The van der Waals surface area contributed by atoms with E-state index < -0.39 is 5.97 Å². The van der Waals surface area contributed by atoms with E-state index in [-0.39, 0.29) is 18.6 Å². The van der Waals surface area contributed by atoms with Gasteiger partial charge in [-0.2, -0.15) is 0 Å². The van der Waals surface area contributed by atoms with Gasteiger partial charge in [0.15, 0.2) is 0 Å². The number of carboxylic acids is 1. The summed E-state index contributed by atoms with van der Waals surface area (Å²) in [6.07, 6.45) is 2.65. The molecule has 0 saturated heterocycles. The van der Waals surface area contributed by atoms with Crippen molar-refractivity contribution < 1.29 is 19.4 Å². The summed E-state index contributed by atoms with van der Waals surface area (Å²) in [6.45, 7) is 6.88. The highest BCUT2D eigenvalue weighted by atomic mass is 16.5. The highest BCUT2D eigenvalue weighted by molar-refractivity contribution is 5.66. The standard InChI is InChI=1S/C11H21O4/c1-4-7-14-10(3)8-15-9(2)5-6-11(12)13/h4,9-10H,5-8H2,1-3H3,(H,12,13). The molecule has 4 nitrogen and oxygen atoms in total. The summed E-state index contributed by atoms with van der Waals surface area (Å²) in [5.74, 6) is -0.782. The summed E-state index contributed by atoms with van der Waals surface area (Å²) < 4.78 is 10.8. The fourth-order valence-electron chi connectivity index (χ4n) is 1.02. The lowest BCUT2D eigenvalue weighted by atomic mass is 10.2. The molecule has 15 heavy (non-hydrogen) atoms. The molecular weight excluding hydrogens is 196 g/mol. The number of carbonyl (C=O) groups is 1. The maximum Gasteiger partial charge on any atom is 0.303 e. The van der Waals surface area contributed by atoms with Crippen LogP contribution in [0.15, 0.2) is 0 Å². The van der Waals surface area contributed by atoms with E-state index in [1.807, 2.05) is 27.2 Å². The van der Waals surface area contributed by atoms with Gasteiger partial charge in [0.25, 0.3) is 0 Å². The van der Waals surface area contributed by atoms with Crippen molar-refractivity contribution in [1.82, 2.24) is 0 Å². The van der Waals surface area contributed by atoms with Crippen molar-refractivity contribution in [3.8, 4) is 0 Å². The SMILES string of the molecule is C[CH]COC(C)COC(C)CCC(=O)O. The van der Waals surface area contributed by atoms with Gasteiger partial charge in [0.05, 0.1) is 18.8 Å². The zero-order valence-corrected chi connectivity index (χ0v) is 9.73. The average Bonchev–Trinajstić information content (AvgIpc) is 2.20.